The summed E-state index contributed by atoms with van der Waals surface area (Å²) in [6, 6.07) is -2.10. The molecule has 142 valence electrons. The molecule has 2 rings (SSSR count). The summed E-state index contributed by atoms with van der Waals surface area (Å²) in [5.41, 5.74) is 11.6. The normalized spacial score (nSPS) is 50.0. The number of hydrogen-bond donors (Lipinski definition) is 7. The van der Waals surface area contributed by atoms with Crippen molar-refractivity contribution in [3.8, 4) is 0 Å². The van der Waals surface area contributed by atoms with Crippen molar-refractivity contribution in [2.24, 2.45) is 11.5 Å². The Morgan fingerprint density at radius 2 is 1.38 bits per heavy atom. The van der Waals surface area contributed by atoms with E-state index in [1.807, 2.05) is 0 Å². The molecule has 0 aromatic carbocycles. The maximum Gasteiger partial charge on any atom is 0.176 e. The number of aliphatic hydroxyl groups is 5. The maximum absolute atomic E-state index is 10.3. The Bertz CT molecular complexity index is 400. The van der Waals surface area contributed by atoms with E-state index < -0.39 is 74.5 Å². The van der Waals surface area contributed by atoms with Crippen molar-refractivity contribution in [3.63, 3.8) is 0 Å². The lowest BCUT2D eigenvalue weighted by Crippen LogP contribution is -2.67. The molecular weight excluding hydrogens is 328 g/mol. The van der Waals surface area contributed by atoms with E-state index in [2.05, 4.69) is 0 Å². The number of nitrogens with two attached hydrogens (primary N) is 2. The molecule has 0 unspecified atom stereocenters. The Kier molecular flexibility index (Phi) is 6.87. The highest BCUT2D eigenvalue weighted by molar-refractivity contribution is 4.96. The molecule has 10 atom stereocenters. The Labute approximate surface area is 138 Å². The first-order valence-corrected chi connectivity index (χ1v) is 7.62. The monoisotopic (exact) mass is 354 g/mol. The van der Waals surface area contributed by atoms with E-state index in [0.717, 1.165) is 0 Å². The van der Waals surface area contributed by atoms with Gasteiger partial charge >= 0.3 is 0 Å². The minimum absolute atomic E-state index is 0.495. The quantitative estimate of drug-likeness (QED) is 0.251. The SMILES string of the molecule is CO[C@@H]1O[C@H](CO)[C@@H](O[C@@H]2O[C@H](CO)[C@@H](O)[C@H](O)[C@H]2N)[C@H](O)[C@H]1N. The molecule has 24 heavy (non-hydrogen) atoms. The molecule has 0 bridgehead atoms. The topological polar surface area (TPSA) is 190 Å². The van der Waals surface area contributed by atoms with Crippen molar-refractivity contribution in [2.75, 3.05) is 20.3 Å². The van der Waals surface area contributed by atoms with Gasteiger partial charge in [-0.05, 0) is 0 Å². The third kappa shape index (κ3) is 3.71. The lowest BCUT2D eigenvalue weighted by molar-refractivity contribution is -0.326. The molecule has 0 spiro atoms. The fourth-order valence-corrected chi connectivity index (χ4v) is 2.85. The molecule has 0 aromatic rings. The molecule has 11 nitrogen and oxygen atoms in total. The van der Waals surface area contributed by atoms with Gasteiger partial charge in [0.1, 0.15) is 36.6 Å². The second kappa shape index (κ2) is 8.29. The molecule has 2 saturated heterocycles. The molecule has 2 aliphatic rings. The first-order valence-electron chi connectivity index (χ1n) is 7.62. The number of ether oxygens (including phenoxy) is 4. The van der Waals surface area contributed by atoms with E-state index in [1.54, 1.807) is 0 Å². The van der Waals surface area contributed by atoms with Crippen LogP contribution in [0.15, 0.2) is 0 Å². The van der Waals surface area contributed by atoms with Gasteiger partial charge in [0.25, 0.3) is 0 Å². The van der Waals surface area contributed by atoms with Crippen molar-refractivity contribution >= 4 is 0 Å². The van der Waals surface area contributed by atoms with Gasteiger partial charge in [-0.3, -0.25) is 0 Å². The van der Waals surface area contributed by atoms with Gasteiger partial charge in [-0.2, -0.15) is 0 Å². The van der Waals surface area contributed by atoms with Crippen LogP contribution < -0.4 is 11.5 Å². The van der Waals surface area contributed by atoms with E-state index >= 15 is 0 Å². The van der Waals surface area contributed by atoms with Crippen LogP contribution >= 0.6 is 0 Å². The van der Waals surface area contributed by atoms with Crippen molar-refractivity contribution in [1.29, 1.82) is 0 Å². The predicted molar refractivity (Wildman–Crippen MR) is 77.3 cm³/mol. The predicted octanol–water partition coefficient (Wildman–Crippen LogP) is -4.81. The zero-order chi connectivity index (χ0) is 18.0. The van der Waals surface area contributed by atoms with Crippen LogP contribution in [0.2, 0.25) is 0 Å². The van der Waals surface area contributed by atoms with Gasteiger partial charge in [0.2, 0.25) is 0 Å². The summed E-state index contributed by atoms with van der Waals surface area (Å²) in [5.74, 6) is 0. The fraction of sp³-hybridized carbons (Fsp3) is 1.00. The lowest BCUT2D eigenvalue weighted by atomic mass is 9.95. The van der Waals surface area contributed by atoms with Gasteiger partial charge in [0, 0.05) is 7.11 Å². The molecule has 11 heteroatoms. The minimum Gasteiger partial charge on any atom is -0.394 e. The van der Waals surface area contributed by atoms with Gasteiger partial charge in [-0.15, -0.1) is 0 Å². The van der Waals surface area contributed by atoms with Gasteiger partial charge in [-0.1, -0.05) is 0 Å². The number of methoxy groups -OCH3 is 1. The van der Waals surface area contributed by atoms with Crippen LogP contribution in [-0.4, -0.2) is 107 Å². The average molecular weight is 354 g/mol. The summed E-state index contributed by atoms with van der Waals surface area (Å²) in [6.45, 7) is -1.06. The molecular formula is C13H26N2O9. The van der Waals surface area contributed by atoms with E-state index in [9.17, 15) is 25.5 Å². The highest BCUT2D eigenvalue weighted by Gasteiger charge is 2.49. The Hall–Kier alpha value is -0.440. The molecule has 0 radical (unpaired) electrons. The van der Waals surface area contributed by atoms with Crippen molar-refractivity contribution < 1.29 is 44.5 Å². The molecule has 2 aliphatic heterocycles. The van der Waals surface area contributed by atoms with E-state index in [0.29, 0.717) is 0 Å². The molecule has 2 fully saturated rings. The summed E-state index contributed by atoms with van der Waals surface area (Å²) in [5, 5.41) is 48.7. The van der Waals surface area contributed by atoms with Crippen LogP contribution in [0.1, 0.15) is 0 Å². The Morgan fingerprint density at radius 1 is 0.833 bits per heavy atom. The second-order valence-corrected chi connectivity index (χ2v) is 5.91. The number of aliphatic hydroxyl groups excluding tert-OH is 5. The van der Waals surface area contributed by atoms with Gasteiger partial charge in [-0.25, -0.2) is 0 Å². The van der Waals surface area contributed by atoms with Crippen molar-refractivity contribution in [1.82, 2.24) is 0 Å². The van der Waals surface area contributed by atoms with Crippen LogP contribution in [0, 0.1) is 0 Å². The standard InChI is InChI=1S/C13H26N2O9/c1-21-12-7(15)10(20)11(5(3-17)23-12)24-13-6(14)9(19)8(18)4(2-16)22-13/h4-13,16-20H,2-3,14-15H2,1H3/t4-,5-,6-,7-,8-,9-,10-,11-,12-,13+/m1/s1. The molecule has 0 aliphatic carbocycles. The first kappa shape index (κ1) is 19.9. The molecule has 9 N–H and O–H groups in total. The summed E-state index contributed by atoms with van der Waals surface area (Å²) >= 11 is 0. The zero-order valence-electron chi connectivity index (χ0n) is 13.2. The van der Waals surface area contributed by atoms with Crippen molar-refractivity contribution in [2.45, 2.75) is 61.3 Å². The van der Waals surface area contributed by atoms with Crippen LogP contribution in [0.5, 0.6) is 0 Å². The van der Waals surface area contributed by atoms with E-state index in [4.69, 9.17) is 30.4 Å². The number of rotatable bonds is 5. The fourth-order valence-electron chi connectivity index (χ4n) is 2.85. The highest BCUT2D eigenvalue weighted by atomic mass is 16.7. The largest absolute Gasteiger partial charge is 0.394 e. The maximum atomic E-state index is 10.3. The first-order chi connectivity index (χ1) is 11.3. The molecule has 0 amide bonds. The van der Waals surface area contributed by atoms with Crippen LogP contribution in [0.25, 0.3) is 0 Å². The van der Waals surface area contributed by atoms with E-state index in [-0.39, 0.29) is 0 Å². The third-order valence-electron chi connectivity index (χ3n) is 4.35. The molecule has 0 aromatic heterocycles. The van der Waals surface area contributed by atoms with Crippen LogP contribution in [-0.2, 0) is 18.9 Å². The molecule has 0 saturated carbocycles. The van der Waals surface area contributed by atoms with Gasteiger partial charge in [0.15, 0.2) is 12.6 Å². The summed E-state index contributed by atoms with van der Waals surface area (Å²) in [6.07, 6.45) is -9.46. The molecule has 2 heterocycles. The van der Waals surface area contributed by atoms with Crippen LogP contribution in [0.3, 0.4) is 0 Å². The van der Waals surface area contributed by atoms with E-state index in [1.165, 1.54) is 7.11 Å². The summed E-state index contributed by atoms with van der Waals surface area (Å²) < 4.78 is 21.3. The average Bonchev–Trinajstić information content (AvgIpc) is 2.59. The minimum atomic E-state index is -1.41. The van der Waals surface area contributed by atoms with Gasteiger partial charge in [0.05, 0.1) is 25.3 Å². The smallest absolute Gasteiger partial charge is 0.176 e. The summed E-state index contributed by atoms with van der Waals surface area (Å²) in [7, 11) is 1.34. The van der Waals surface area contributed by atoms with Crippen LogP contribution in [0.4, 0.5) is 0 Å². The lowest BCUT2D eigenvalue weighted by Gasteiger charge is -2.46. The highest BCUT2D eigenvalue weighted by Crippen LogP contribution is 2.28. The summed E-state index contributed by atoms with van der Waals surface area (Å²) in [4.78, 5) is 0. The van der Waals surface area contributed by atoms with Crippen molar-refractivity contribution in [3.05, 3.63) is 0 Å². The number of hydrogen-bond acceptors (Lipinski definition) is 11. The second-order valence-electron chi connectivity index (χ2n) is 5.91. The third-order valence-corrected chi connectivity index (χ3v) is 4.35. The zero-order valence-corrected chi connectivity index (χ0v) is 13.2. The Balaban J connectivity index is 2.12. The Morgan fingerprint density at radius 3 is 1.92 bits per heavy atom. The van der Waals surface area contributed by atoms with Gasteiger partial charge < -0.3 is 55.9 Å².